The third kappa shape index (κ3) is 6.17. The minimum absolute atomic E-state index is 0.127. The number of benzene rings is 4. The van der Waals surface area contributed by atoms with Gasteiger partial charge >= 0.3 is 311 Å². The Labute approximate surface area is 308 Å². The molecule has 0 radical (unpaired) electrons. The third-order valence-corrected chi connectivity index (χ3v) is 30.4. The van der Waals surface area contributed by atoms with Crippen molar-refractivity contribution in [1.29, 1.82) is 0 Å². The van der Waals surface area contributed by atoms with Crippen molar-refractivity contribution in [3.05, 3.63) is 146 Å². The van der Waals surface area contributed by atoms with E-state index in [1.807, 2.05) is 0 Å². The number of aryl methyl sites for hydroxylation is 5. The fourth-order valence-electron chi connectivity index (χ4n) is 8.76. The molecule has 2 aliphatic rings. The molecule has 254 valence electrons. The quantitative estimate of drug-likeness (QED) is 0.158. The summed E-state index contributed by atoms with van der Waals surface area (Å²) < 4.78 is 7.54. The van der Waals surface area contributed by atoms with Gasteiger partial charge in [0, 0.05) is 0 Å². The van der Waals surface area contributed by atoms with E-state index >= 15 is 0 Å². The summed E-state index contributed by atoms with van der Waals surface area (Å²) in [6.45, 7) is 25.7. The van der Waals surface area contributed by atoms with Crippen LogP contribution in [0.1, 0.15) is 103 Å². The second kappa shape index (κ2) is 13.4. The van der Waals surface area contributed by atoms with E-state index in [2.05, 4.69) is 166 Å². The monoisotopic (exact) mass is 750 g/mol. The first-order valence-corrected chi connectivity index (χ1v) is 27.4. The summed E-state index contributed by atoms with van der Waals surface area (Å²) in [6, 6.07) is 30.7. The van der Waals surface area contributed by atoms with Crippen LogP contribution < -0.4 is 0 Å². The van der Waals surface area contributed by atoms with Gasteiger partial charge in [0.1, 0.15) is 0 Å². The van der Waals surface area contributed by atoms with E-state index in [-0.39, 0.29) is 5.41 Å². The zero-order chi connectivity index (χ0) is 35.6. The van der Waals surface area contributed by atoms with E-state index in [1.165, 1.54) is 66.8 Å². The van der Waals surface area contributed by atoms with Crippen molar-refractivity contribution < 1.29 is 24.8 Å². The van der Waals surface area contributed by atoms with Crippen molar-refractivity contribution in [3.63, 3.8) is 0 Å². The van der Waals surface area contributed by atoms with Crippen molar-refractivity contribution in [2.24, 2.45) is 0 Å². The average Bonchev–Trinajstić information content (AvgIpc) is 3.75. The van der Waals surface area contributed by atoms with Crippen LogP contribution in [0.4, 0.5) is 0 Å². The van der Waals surface area contributed by atoms with E-state index in [0.717, 1.165) is 17.9 Å². The Morgan fingerprint density at radius 2 is 1.24 bits per heavy atom. The number of allylic oxidation sites excluding steroid dienone is 2. The standard InChI is InChI=1S/C25H25O.C20H21.C2H6Si.Zr/c1-16-6-8-19-14-20(23-13-7-17(2)26-23)15-22(19)24(16)18-9-11-21(12-10-18)25(3,4)5;1-5-16-11-17-7-6-15(4)20(19(17)12-16)18-9-13(2)8-14(3)10-18;1-3-2;/h6-15H,1-5H3;6-12H,5H2,1-4H3;1-2H3;. The predicted molar refractivity (Wildman–Crippen MR) is 214 cm³/mol. The molecular weight excluding hydrogens is 700 g/mol. The summed E-state index contributed by atoms with van der Waals surface area (Å²) in [6.07, 6.45) is 6.27. The molecule has 1 heterocycles. The molecule has 0 bridgehead atoms. The first-order chi connectivity index (χ1) is 23.8. The van der Waals surface area contributed by atoms with Crippen molar-refractivity contribution >= 4 is 23.2 Å². The first-order valence-electron chi connectivity index (χ1n) is 18.4. The topological polar surface area (TPSA) is 13.1 Å². The van der Waals surface area contributed by atoms with E-state index in [9.17, 15) is 0 Å². The second-order valence-corrected chi connectivity index (χ2v) is 34.0. The molecule has 2 aliphatic carbocycles. The van der Waals surface area contributed by atoms with Gasteiger partial charge in [-0.05, 0) is 0 Å². The van der Waals surface area contributed by atoms with Crippen molar-refractivity contribution in [1.82, 2.24) is 0 Å². The van der Waals surface area contributed by atoms with Crippen LogP contribution in [0.2, 0.25) is 13.1 Å². The van der Waals surface area contributed by atoms with Gasteiger partial charge in [0.15, 0.2) is 0 Å². The molecule has 0 saturated heterocycles. The molecule has 4 aromatic carbocycles. The Kier molecular flexibility index (Phi) is 9.40. The maximum atomic E-state index is 6.55. The summed E-state index contributed by atoms with van der Waals surface area (Å²) in [7, 11) is 0. The Morgan fingerprint density at radius 3 is 1.78 bits per heavy atom. The van der Waals surface area contributed by atoms with Crippen molar-refractivity contribution in [2.75, 3.05) is 0 Å². The zero-order valence-corrected chi connectivity index (χ0v) is 35.4. The van der Waals surface area contributed by atoms with Crippen molar-refractivity contribution in [2.45, 2.75) is 94.5 Å². The van der Waals surface area contributed by atoms with Gasteiger partial charge in [-0.2, -0.15) is 0 Å². The van der Waals surface area contributed by atoms with Crippen LogP contribution in [-0.4, -0.2) is 5.43 Å². The van der Waals surface area contributed by atoms with Crippen LogP contribution in [0.3, 0.4) is 0 Å². The molecule has 50 heavy (non-hydrogen) atoms. The van der Waals surface area contributed by atoms with E-state index in [1.54, 1.807) is 16.7 Å². The average molecular weight is 752 g/mol. The third-order valence-electron chi connectivity index (χ3n) is 11.1. The van der Waals surface area contributed by atoms with Crippen LogP contribution in [0.15, 0.2) is 88.9 Å². The Balaban J connectivity index is 1.45. The Hall–Kier alpha value is -3.26. The Bertz CT molecular complexity index is 2230. The summed E-state index contributed by atoms with van der Waals surface area (Å²) in [5, 5.41) is 0. The van der Waals surface area contributed by atoms with Gasteiger partial charge in [0.05, 0.1) is 0 Å². The van der Waals surface area contributed by atoms with Gasteiger partial charge in [0.25, 0.3) is 0 Å². The zero-order valence-electron chi connectivity index (χ0n) is 31.9. The van der Waals surface area contributed by atoms with Gasteiger partial charge in [-0.3, -0.25) is 0 Å². The SMILES string of the molecule is CCC1=Cc2c(ccc(C)c2-c2cc(C)cc(C)c2)[CH]1[Zr]([CH]1C(c2ccc(C)o2)=Cc2c1ccc(C)c2-c1ccc(C(C)(C)C)cc1)=[Si](C)C. The molecular formula is C47H52OSiZr. The van der Waals surface area contributed by atoms with E-state index in [4.69, 9.17) is 4.42 Å². The minimum atomic E-state index is -2.43. The van der Waals surface area contributed by atoms with Gasteiger partial charge in [-0.15, -0.1) is 0 Å². The summed E-state index contributed by atoms with van der Waals surface area (Å²) in [4.78, 5) is 0. The van der Waals surface area contributed by atoms with Crippen LogP contribution >= 0.6 is 0 Å². The predicted octanol–water partition coefficient (Wildman–Crippen LogP) is 13.5. The van der Waals surface area contributed by atoms with Gasteiger partial charge in [-0.1, -0.05) is 0 Å². The summed E-state index contributed by atoms with van der Waals surface area (Å²) in [5.74, 6) is 2.05. The number of furan rings is 1. The van der Waals surface area contributed by atoms with E-state index in [0.29, 0.717) is 7.25 Å². The molecule has 0 saturated carbocycles. The molecule has 7 rings (SSSR count). The molecule has 0 amide bonds. The molecule has 1 aromatic heterocycles. The molecule has 2 unspecified atom stereocenters. The summed E-state index contributed by atoms with van der Waals surface area (Å²) >= 11 is -2.43. The van der Waals surface area contributed by atoms with E-state index < -0.39 is 25.8 Å². The number of fused-ring (bicyclic) bond motifs is 2. The molecule has 3 heteroatoms. The number of hydrogen-bond acceptors (Lipinski definition) is 1. The molecule has 0 N–H and O–H groups in total. The van der Waals surface area contributed by atoms with Crippen LogP contribution in [0, 0.1) is 34.6 Å². The summed E-state index contributed by atoms with van der Waals surface area (Å²) in [5.41, 5.74) is 20.9. The van der Waals surface area contributed by atoms with Gasteiger partial charge in [0.2, 0.25) is 0 Å². The Morgan fingerprint density at radius 1 is 0.660 bits per heavy atom. The molecule has 5 aromatic rings. The first kappa shape index (κ1) is 35.2. The van der Waals surface area contributed by atoms with Gasteiger partial charge < -0.3 is 0 Å². The molecule has 0 aliphatic heterocycles. The fraction of sp³-hybridized carbons (Fsp3) is 0.319. The van der Waals surface area contributed by atoms with Gasteiger partial charge in [-0.25, -0.2) is 0 Å². The fourth-order valence-corrected chi connectivity index (χ4v) is 29.1. The molecule has 0 spiro atoms. The maximum absolute atomic E-state index is 6.55. The van der Waals surface area contributed by atoms with Crippen LogP contribution in [-0.2, 0) is 25.8 Å². The second-order valence-electron chi connectivity index (χ2n) is 16.1. The normalized spacial score (nSPS) is 16.6. The van der Waals surface area contributed by atoms with Crippen LogP contribution in [0.25, 0.3) is 40.0 Å². The van der Waals surface area contributed by atoms with Crippen molar-refractivity contribution in [3.8, 4) is 22.3 Å². The molecule has 0 fully saturated rings. The molecule has 1 nitrogen and oxygen atoms in total. The molecule has 2 atom stereocenters. The number of hydrogen-bond donors (Lipinski definition) is 0. The number of rotatable bonds is 6. The van der Waals surface area contributed by atoms with Crippen LogP contribution in [0.5, 0.6) is 0 Å².